The molecule has 142 valence electrons. The average molecular weight is 400 g/mol. The Morgan fingerprint density at radius 2 is 1.50 bits per heavy atom. The van der Waals surface area contributed by atoms with Gasteiger partial charge in [0.05, 0.1) is 36.7 Å². The zero-order valence-electron chi connectivity index (χ0n) is 14.3. The molecule has 0 aliphatic heterocycles. The lowest BCUT2D eigenvalue weighted by molar-refractivity contribution is 0.220. The molecule has 26 heavy (non-hydrogen) atoms. The highest BCUT2D eigenvalue weighted by molar-refractivity contribution is 7.92. The van der Waals surface area contributed by atoms with Crippen LogP contribution in [0.4, 0.5) is 0 Å². The first-order valence-electron chi connectivity index (χ1n) is 7.60. The fourth-order valence-electron chi connectivity index (χ4n) is 2.40. The van der Waals surface area contributed by atoms with E-state index >= 15 is 0 Å². The van der Waals surface area contributed by atoms with Crippen LogP contribution in [0.25, 0.3) is 0 Å². The van der Waals surface area contributed by atoms with Crippen molar-refractivity contribution < 1.29 is 31.4 Å². The van der Waals surface area contributed by atoms with Crippen LogP contribution in [0.2, 0.25) is 0 Å². The van der Waals surface area contributed by atoms with Crippen molar-refractivity contribution in [3.63, 3.8) is 0 Å². The number of aliphatic hydroxyl groups is 1. The van der Waals surface area contributed by atoms with Gasteiger partial charge in [0.25, 0.3) is 0 Å². The third-order valence-electron chi connectivity index (χ3n) is 3.63. The maximum absolute atomic E-state index is 12.6. The lowest BCUT2D eigenvalue weighted by atomic mass is 10.3. The van der Waals surface area contributed by atoms with E-state index in [1.54, 1.807) is 18.2 Å². The third-order valence-corrected chi connectivity index (χ3v) is 7.26. The minimum atomic E-state index is -4.01. The smallest absolute Gasteiger partial charge is 0.184 e. The molecule has 1 N–H and O–H groups in total. The Labute approximate surface area is 153 Å². The first-order chi connectivity index (χ1) is 12.2. The van der Waals surface area contributed by atoms with Crippen molar-refractivity contribution in [3.8, 4) is 11.5 Å². The van der Waals surface area contributed by atoms with Crippen molar-refractivity contribution in [1.29, 1.82) is 0 Å². The summed E-state index contributed by atoms with van der Waals surface area (Å²) >= 11 is 0. The van der Waals surface area contributed by atoms with Gasteiger partial charge in [0.15, 0.2) is 19.7 Å². The van der Waals surface area contributed by atoms with Crippen LogP contribution >= 0.6 is 0 Å². The topological polar surface area (TPSA) is 107 Å². The summed E-state index contributed by atoms with van der Waals surface area (Å²) in [6.45, 7) is 0. The summed E-state index contributed by atoms with van der Waals surface area (Å²) in [6, 6.07) is 11.8. The van der Waals surface area contributed by atoms with Crippen molar-refractivity contribution in [2.24, 2.45) is 0 Å². The molecule has 0 aliphatic carbocycles. The highest BCUT2D eigenvalue weighted by atomic mass is 32.2. The lowest BCUT2D eigenvalue weighted by Gasteiger charge is -2.14. The van der Waals surface area contributed by atoms with E-state index in [-0.39, 0.29) is 15.5 Å². The maximum Gasteiger partial charge on any atom is 0.184 e. The second kappa shape index (κ2) is 8.07. The van der Waals surface area contributed by atoms with Crippen LogP contribution in [-0.4, -0.2) is 53.8 Å². The van der Waals surface area contributed by atoms with Crippen LogP contribution in [-0.2, 0) is 19.7 Å². The van der Waals surface area contributed by atoms with Crippen molar-refractivity contribution >= 4 is 19.7 Å². The van der Waals surface area contributed by atoms with Gasteiger partial charge in [-0.25, -0.2) is 16.8 Å². The maximum atomic E-state index is 12.6. The normalized spacial score (nSPS) is 13.2. The minimum absolute atomic E-state index is 0.0235. The minimum Gasteiger partial charge on any atom is -0.497 e. The molecule has 1 atom stereocenters. The number of hydrogen-bond acceptors (Lipinski definition) is 7. The van der Waals surface area contributed by atoms with E-state index in [9.17, 15) is 21.9 Å². The number of benzene rings is 2. The molecule has 0 unspecified atom stereocenters. The molecule has 0 heterocycles. The van der Waals surface area contributed by atoms with E-state index in [1.807, 2.05) is 0 Å². The van der Waals surface area contributed by atoms with Crippen molar-refractivity contribution in [1.82, 2.24) is 0 Å². The van der Waals surface area contributed by atoms with E-state index in [0.29, 0.717) is 5.75 Å². The zero-order chi connectivity index (χ0) is 19.4. The van der Waals surface area contributed by atoms with E-state index in [4.69, 9.17) is 9.47 Å². The Balaban J connectivity index is 2.24. The van der Waals surface area contributed by atoms with E-state index in [2.05, 4.69) is 0 Å². The van der Waals surface area contributed by atoms with Crippen LogP contribution in [0.15, 0.2) is 58.3 Å². The highest BCUT2D eigenvalue weighted by Crippen LogP contribution is 2.29. The molecular weight excluding hydrogens is 380 g/mol. The van der Waals surface area contributed by atoms with Crippen LogP contribution in [0.3, 0.4) is 0 Å². The number of hydrogen-bond donors (Lipinski definition) is 1. The van der Waals surface area contributed by atoms with Gasteiger partial charge in [-0.3, -0.25) is 0 Å². The number of ether oxygens (including phenoxy) is 2. The molecule has 0 radical (unpaired) electrons. The molecule has 7 nitrogen and oxygen atoms in total. The van der Waals surface area contributed by atoms with Gasteiger partial charge in [0.2, 0.25) is 0 Å². The van der Waals surface area contributed by atoms with Gasteiger partial charge in [0, 0.05) is 6.07 Å². The van der Waals surface area contributed by atoms with Gasteiger partial charge in [0.1, 0.15) is 16.4 Å². The quantitative estimate of drug-likeness (QED) is 0.712. The number of sulfone groups is 2. The molecular formula is C17H20O7S2. The molecule has 0 amide bonds. The SMILES string of the molecule is COc1ccc(OC)c(S(=O)(=O)C[C@@H](O)CS(=O)(=O)c2ccccc2)c1. The molecule has 9 heteroatoms. The van der Waals surface area contributed by atoms with Gasteiger partial charge < -0.3 is 14.6 Å². The molecule has 0 spiro atoms. The molecule has 0 fully saturated rings. The highest BCUT2D eigenvalue weighted by Gasteiger charge is 2.28. The van der Waals surface area contributed by atoms with E-state index in [0.717, 1.165) is 0 Å². The van der Waals surface area contributed by atoms with Gasteiger partial charge >= 0.3 is 0 Å². The zero-order valence-corrected chi connectivity index (χ0v) is 16.0. The summed E-state index contributed by atoms with van der Waals surface area (Å²) in [7, 11) is -5.12. The van der Waals surface area contributed by atoms with Crippen molar-refractivity contribution in [2.45, 2.75) is 15.9 Å². The fraction of sp³-hybridized carbons (Fsp3) is 0.294. The fourth-order valence-corrected chi connectivity index (χ4v) is 5.49. The van der Waals surface area contributed by atoms with Gasteiger partial charge in [-0.2, -0.15) is 0 Å². The third kappa shape index (κ3) is 4.75. The molecule has 2 aromatic carbocycles. The summed E-state index contributed by atoms with van der Waals surface area (Å²) in [5.74, 6) is -1.08. The molecule has 2 aromatic rings. The van der Waals surface area contributed by atoms with Gasteiger partial charge in [-0.15, -0.1) is 0 Å². The molecule has 2 rings (SSSR count). The lowest BCUT2D eigenvalue weighted by Crippen LogP contribution is -2.29. The Morgan fingerprint density at radius 3 is 2.08 bits per heavy atom. The second-order valence-corrected chi connectivity index (χ2v) is 9.58. The largest absolute Gasteiger partial charge is 0.497 e. The van der Waals surface area contributed by atoms with E-state index in [1.165, 1.54) is 44.6 Å². The second-order valence-electron chi connectivity index (χ2n) is 5.55. The molecule has 0 aliphatic rings. The summed E-state index contributed by atoms with van der Waals surface area (Å²) in [4.78, 5) is -0.147. The van der Waals surface area contributed by atoms with E-state index < -0.39 is 37.3 Å². The molecule has 0 saturated carbocycles. The predicted octanol–water partition coefficient (Wildman–Crippen LogP) is 1.31. The van der Waals surface area contributed by atoms with Crippen LogP contribution in [0.5, 0.6) is 11.5 Å². The Kier molecular flexibility index (Phi) is 6.27. The predicted molar refractivity (Wildman–Crippen MR) is 96.1 cm³/mol. The van der Waals surface area contributed by atoms with Gasteiger partial charge in [-0.05, 0) is 24.3 Å². The Morgan fingerprint density at radius 1 is 0.885 bits per heavy atom. The molecule has 0 aromatic heterocycles. The van der Waals surface area contributed by atoms with Crippen LogP contribution < -0.4 is 9.47 Å². The standard InChI is InChI=1S/C17H20O7S2/c1-23-14-8-9-16(24-2)17(10-14)26(21,22)12-13(18)11-25(19,20)15-6-4-3-5-7-15/h3-10,13,18H,11-12H2,1-2H3/t13-/m0/s1. The summed E-state index contributed by atoms with van der Waals surface area (Å²) in [6.07, 6.45) is -1.60. The first kappa shape index (κ1) is 20.2. The summed E-state index contributed by atoms with van der Waals surface area (Å²) < 4.78 is 59.9. The van der Waals surface area contributed by atoms with Crippen molar-refractivity contribution in [2.75, 3.05) is 25.7 Å². The Bertz CT molecular complexity index is 952. The number of rotatable bonds is 8. The Hall–Kier alpha value is -2.10. The molecule has 0 bridgehead atoms. The molecule has 0 saturated heterocycles. The van der Waals surface area contributed by atoms with Crippen LogP contribution in [0.1, 0.15) is 0 Å². The first-order valence-corrected chi connectivity index (χ1v) is 10.9. The number of methoxy groups -OCH3 is 2. The van der Waals surface area contributed by atoms with Crippen molar-refractivity contribution in [3.05, 3.63) is 48.5 Å². The van der Waals surface area contributed by atoms with Gasteiger partial charge in [-0.1, -0.05) is 18.2 Å². The average Bonchev–Trinajstić information content (AvgIpc) is 2.60. The number of aliphatic hydroxyl groups excluding tert-OH is 1. The van der Waals surface area contributed by atoms with Crippen LogP contribution in [0, 0.1) is 0 Å². The monoisotopic (exact) mass is 400 g/mol. The summed E-state index contributed by atoms with van der Waals surface area (Å²) in [5.41, 5.74) is 0. The summed E-state index contributed by atoms with van der Waals surface area (Å²) in [5, 5.41) is 10.1.